The van der Waals surface area contributed by atoms with Crippen molar-refractivity contribution in [2.24, 2.45) is 0 Å². The van der Waals surface area contributed by atoms with Gasteiger partial charge in [-0.2, -0.15) is 4.98 Å². The highest BCUT2D eigenvalue weighted by Gasteiger charge is 2.22. The number of fused-ring (bicyclic) bond motifs is 4. The number of terminal acetylenes is 1. The van der Waals surface area contributed by atoms with E-state index in [4.69, 9.17) is 26.4 Å². The molecule has 11 heteroatoms. The minimum Gasteiger partial charge on any atom is -0.508 e. The fraction of sp³-hybridized carbons (Fsp3) is 0.333. The van der Waals surface area contributed by atoms with Crippen LogP contribution in [0.3, 0.4) is 0 Å². The first-order valence-electron chi connectivity index (χ1n) is 13.6. The third-order valence-corrected chi connectivity index (χ3v) is 7.52. The molecule has 1 saturated heterocycles. The highest BCUT2D eigenvalue weighted by atomic mass is 19.1. The predicted octanol–water partition coefficient (Wildman–Crippen LogP) is 2.81. The second-order valence-corrected chi connectivity index (χ2v) is 10.6. The Morgan fingerprint density at radius 3 is 2.63 bits per heavy atom. The van der Waals surface area contributed by atoms with Crippen LogP contribution in [0.15, 0.2) is 36.8 Å². The number of phenolic OH excluding ortho intramolecular Hbond substituents is 1. The number of hydrogen-bond acceptors (Lipinski definition) is 9. The number of phenols is 1. The normalized spacial score (nSPS) is 13.9. The molecule has 4 heterocycles. The van der Waals surface area contributed by atoms with Gasteiger partial charge in [0.25, 0.3) is 0 Å². The minimum absolute atomic E-state index is 0.0729. The first kappa shape index (κ1) is 26.7. The number of halogens is 1. The molecule has 0 radical (unpaired) electrons. The molecular formula is C30H32FN9O. The van der Waals surface area contributed by atoms with Crippen molar-refractivity contribution in [2.45, 2.75) is 6.54 Å². The van der Waals surface area contributed by atoms with Gasteiger partial charge in [-0.3, -0.25) is 0 Å². The molecule has 5 aromatic rings. The lowest BCUT2D eigenvalue weighted by molar-refractivity contribution is 0.415. The molecule has 10 nitrogen and oxygen atoms in total. The zero-order valence-corrected chi connectivity index (χ0v) is 23.4. The quantitative estimate of drug-likeness (QED) is 0.295. The molecule has 41 heavy (non-hydrogen) atoms. The number of piperazine rings is 1. The second-order valence-electron chi connectivity index (χ2n) is 10.6. The Bertz CT molecular complexity index is 1800. The Balaban J connectivity index is 1.49. The van der Waals surface area contributed by atoms with E-state index in [1.165, 1.54) is 6.07 Å². The van der Waals surface area contributed by atoms with E-state index < -0.39 is 5.82 Å². The highest BCUT2D eigenvalue weighted by Crippen LogP contribution is 2.33. The van der Waals surface area contributed by atoms with E-state index >= 15 is 0 Å². The van der Waals surface area contributed by atoms with Crippen LogP contribution in [0, 0.1) is 18.2 Å². The van der Waals surface area contributed by atoms with E-state index in [2.05, 4.69) is 25.9 Å². The van der Waals surface area contributed by atoms with E-state index in [9.17, 15) is 9.50 Å². The summed E-state index contributed by atoms with van der Waals surface area (Å²) < 4.78 is 16.5. The molecule has 0 bridgehead atoms. The summed E-state index contributed by atoms with van der Waals surface area (Å²) in [5, 5.41) is 15.9. The van der Waals surface area contributed by atoms with E-state index in [1.54, 1.807) is 24.5 Å². The first-order chi connectivity index (χ1) is 19.8. The van der Waals surface area contributed by atoms with Gasteiger partial charge < -0.3 is 29.7 Å². The Kier molecular flexibility index (Phi) is 7.03. The molecule has 2 aromatic carbocycles. The molecule has 6 rings (SSSR count). The molecule has 3 aromatic heterocycles. The van der Waals surface area contributed by atoms with Crippen LogP contribution in [-0.2, 0) is 6.54 Å². The summed E-state index contributed by atoms with van der Waals surface area (Å²) in [7, 11) is 6.08. The molecule has 1 aliphatic heterocycles. The number of aromatic hydroxyl groups is 1. The molecule has 0 unspecified atom stereocenters. The van der Waals surface area contributed by atoms with Crippen molar-refractivity contribution < 1.29 is 9.50 Å². The van der Waals surface area contributed by atoms with Crippen LogP contribution < -0.4 is 15.1 Å². The van der Waals surface area contributed by atoms with Gasteiger partial charge >= 0.3 is 0 Å². The minimum atomic E-state index is -0.477. The Morgan fingerprint density at radius 2 is 1.88 bits per heavy atom. The molecule has 2 N–H and O–H groups in total. The van der Waals surface area contributed by atoms with Crippen molar-refractivity contribution in [2.75, 3.05) is 70.2 Å². The van der Waals surface area contributed by atoms with Crippen molar-refractivity contribution in [1.29, 1.82) is 0 Å². The SMILES string of the molecule is C#Cc1c(F)ccc2cc(O)cc(Cn3cnc4c5nc(N(C)CCN(C)C)nc(N6CCNCC6)c5cnc43)c12. The van der Waals surface area contributed by atoms with E-state index in [1.807, 2.05) is 31.9 Å². The third kappa shape index (κ3) is 4.96. The fourth-order valence-electron chi connectivity index (χ4n) is 5.36. The molecular weight excluding hydrogens is 521 g/mol. The maximum atomic E-state index is 14.6. The van der Waals surface area contributed by atoms with Gasteiger partial charge in [0.05, 0.1) is 23.8 Å². The van der Waals surface area contributed by atoms with Crippen molar-refractivity contribution in [3.05, 3.63) is 53.7 Å². The summed E-state index contributed by atoms with van der Waals surface area (Å²) >= 11 is 0. The van der Waals surface area contributed by atoms with Crippen LogP contribution in [0.1, 0.15) is 11.1 Å². The van der Waals surface area contributed by atoms with Crippen LogP contribution in [0.2, 0.25) is 0 Å². The molecule has 0 saturated carbocycles. The van der Waals surface area contributed by atoms with Gasteiger partial charge in [0.1, 0.15) is 28.4 Å². The molecule has 0 aliphatic carbocycles. The average Bonchev–Trinajstić information content (AvgIpc) is 3.39. The Labute approximate surface area is 237 Å². The highest BCUT2D eigenvalue weighted by molar-refractivity contribution is 6.04. The van der Waals surface area contributed by atoms with Crippen LogP contribution in [0.4, 0.5) is 16.2 Å². The van der Waals surface area contributed by atoms with Crippen LogP contribution in [0.5, 0.6) is 5.75 Å². The first-order valence-corrected chi connectivity index (χ1v) is 13.6. The lowest BCUT2D eigenvalue weighted by Gasteiger charge is -2.30. The van der Waals surface area contributed by atoms with Crippen LogP contribution in [-0.4, -0.2) is 94.9 Å². The van der Waals surface area contributed by atoms with Crippen molar-refractivity contribution >= 4 is 44.6 Å². The van der Waals surface area contributed by atoms with Gasteiger partial charge in [-0.05, 0) is 43.2 Å². The van der Waals surface area contributed by atoms with Crippen LogP contribution >= 0.6 is 0 Å². The smallest absolute Gasteiger partial charge is 0.227 e. The zero-order chi connectivity index (χ0) is 28.7. The number of likely N-dealkylation sites (N-methyl/N-ethyl adjacent to an activating group) is 2. The lowest BCUT2D eigenvalue weighted by atomic mass is 9.98. The average molecular weight is 554 g/mol. The number of hydrogen-bond donors (Lipinski definition) is 2. The fourth-order valence-corrected chi connectivity index (χ4v) is 5.36. The molecule has 0 atom stereocenters. The monoisotopic (exact) mass is 553 g/mol. The van der Waals surface area contributed by atoms with E-state index in [0.29, 0.717) is 33.4 Å². The van der Waals surface area contributed by atoms with Gasteiger partial charge in [-0.25, -0.2) is 19.3 Å². The topological polar surface area (TPSA) is 98.5 Å². The van der Waals surface area contributed by atoms with Gasteiger partial charge in [-0.1, -0.05) is 12.0 Å². The maximum Gasteiger partial charge on any atom is 0.227 e. The molecule has 0 amide bonds. The van der Waals surface area contributed by atoms with E-state index in [-0.39, 0.29) is 17.9 Å². The molecule has 1 fully saturated rings. The maximum absolute atomic E-state index is 14.6. The predicted molar refractivity (Wildman–Crippen MR) is 160 cm³/mol. The molecule has 0 spiro atoms. The summed E-state index contributed by atoms with van der Waals surface area (Å²) in [6.45, 7) is 5.32. The number of rotatable bonds is 7. The standard InChI is InChI=1S/C30H32FN9O/c1-5-22-24(31)7-6-19-14-21(41)15-20(25(19)22)17-40-18-34-27-26-23(16-33-29(27)40)28(39-10-8-32-9-11-39)36-30(35-26)38(4)13-12-37(2)3/h1,6-7,14-16,18,32,41H,8-13,17H2,2-4H3. The van der Waals surface area contributed by atoms with Crippen molar-refractivity contribution in [1.82, 2.24) is 34.7 Å². The van der Waals surface area contributed by atoms with Crippen molar-refractivity contribution in [3.8, 4) is 18.1 Å². The number of benzene rings is 2. The summed E-state index contributed by atoms with van der Waals surface area (Å²) in [5.41, 5.74) is 2.83. The number of aromatic nitrogens is 5. The van der Waals surface area contributed by atoms with Crippen molar-refractivity contribution in [3.63, 3.8) is 0 Å². The number of nitrogens with zero attached hydrogens (tertiary/aromatic N) is 8. The summed E-state index contributed by atoms with van der Waals surface area (Å²) in [6.07, 6.45) is 9.20. The Hall–Kier alpha value is -4.53. The number of anilines is 2. The second kappa shape index (κ2) is 10.8. The summed E-state index contributed by atoms with van der Waals surface area (Å²) in [4.78, 5) is 26.0. The Morgan fingerprint density at radius 1 is 1.07 bits per heavy atom. The lowest BCUT2D eigenvalue weighted by Crippen LogP contribution is -2.44. The zero-order valence-electron chi connectivity index (χ0n) is 23.4. The van der Waals surface area contributed by atoms with Gasteiger partial charge in [0, 0.05) is 57.9 Å². The van der Waals surface area contributed by atoms with Gasteiger partial charge in [-0.15, -0.1) is 6.42 Å². The largest absolute Gasteiger partial charge is 0.508 e. The van der Waals surface area contributed by atoms with E-state index in [0.717, 1.165) is 56.0 Å². The molecule has 210 valence electrons. The van der Waals surface area contributed by atoms with Crippen LogP contribution in [0.25, 0.3) is 32.8 Å². The van der Waals surface area contributed by atoms with Gasteiger partial charge in [0.15, 0.2) is 5.65 Å². The van der Waals surface area contributed by atoms with Gasteiger partial charge in [0.2, 0.25) is 5.95 Å². The summed E-state index contributed by atoms with van der Waals surface area (Å²) in [6, 6.07) is 6.14. The third-order valence-electron chi connectivity index (χ3n) is 7.52. The number of imidazole rings is 1. The molecule has 1 aliphatic rings. The number of pyridine rings is 1. The summed E-state index contributed by atoms with van der Waals surface area (Å²) in [5.74, 6) is 3.55. The number of nitrogens with one attached hydrogen (secondary N) is 1.